The van der Waals surface area contributed by atoms with Gasteiger partial charge in [-0.05, 0) is 102 Å². The molecule has 4 saturated heterocycles. The van der Waals surface area contributed by atoms with Gasteiger partial charge in [0.15, 0.2) is 22.6 Å². The van der Waals surface area contributed by atoms with Gasteiger partial charge in [0.1, 0.15) is 11.3 Å². The van der Waals surface area contributed by atoms with Gasteiger partial charge in [0, 0.05) is 111 Å². The molecule has 75 heavy (non-hydrogen) atoms. The molecular formula is C54H67ClN18O2. The monoisotopic (exact) mass is 1030 g/mol. The number of morpholine rings is 2. The Morgan fingerprint density at radius 3 is 1.57 bits per heavy atom. The SMILES string of the molecule is CN1CCOC2(CCN(c3ccc(Cl)nn3)CC2)C1.CN1CCOC2(CCN(c3ccc(Nc4ncc5c6ccncc6n(C6CCCC6)c5n4)nn3)CC2)C1.Nc1ncc2c3ccncc3n(C3CCCC3)c2n1. The van der Waals surface area contributed by atoms with Crippen LogP contribution >= 0.6 is 11.6 Å². The number of hydrogen-bond donors (Lipinski definition) is 2. The lowest BCUT2D eigenvalue weighted by atomic mass is 9.89. The molecule has 392 valence electrons. The molecule has 21 heteroatoms. The molecule has 3 N–H and O–H groups in total. The number of ether oxygens (including phenoxy) is 2. The summed E-state index contributed by atoms with van der Waals surface area (Å²) in [4.78, 5) is 36.1. The van der Waals surface area contributed by atoms with E-state index in [1.807, 2.05) is 61.4 Å². The van der Waals surface area contributed by atoms with Crippen molar-refractivity contribution in [3.05, 3.63) is 78.7 Å². The number of fused-ring (bicyclic) bond motifs is 6. The first-order valence-corrected chi connectivity index (χ1v) is 27.3. The van der Waals surface area contributed by atoms with E-state index in [-0.39, 0.29) is 11.2 Å². The first-order valence-electron chi connectivity index (χ1n) is 26.9. The zero-order chi connectivity index (χ0) is 50.9. The van der Waals surface area contributed by atoms with Crippen LogP contribution in [0.4, 0.5) is 29.4 Å². The Morgan fingerprint density at radius 2 is 1.08 bits per heavy atom. The van der Waals surface area contributed by atoms with Crippen molar-refractivity contribution in [2.24, 2.45) is 0 Å². The van der Waals surface area contributed by atoms with Crippen molar-refractivity contribution in [1.82, 2.24) is 69.2 Å². The zero-order valence-electron chi connectivity index (χ0n) is 43.1. The Hall–Kier alpha value is -6.45. The summed E-state index contributed by atoms with van der Waals surface area (Å²) in [5, 5.41) is 25.2. The lowest BCUT2D eigenvalue weighted by Crippen LogP contribution is -2.56. The predicted octanol–water partition coefficient (Wildman–Crippen LogP) is 8.04. The molecule has 2 saturated carbocycles. The number of pyridine rings is 2. The van der Waals surface area contributed by atoms with Gasteiger partial charge in [-0.25, -0.2) is 9.97 Å². The molecule has 0 aromatic carbocycles. The maximum Gasteiger partial charge on any atom is 0.230 e. The first-order chi connectivity index (χ1) is 36.7. The van der Waals surface area contributed by atoms with E-state index in [1.165, 1.54) is 51.4 Å². The average molecular weight is 1040 g/mol. The van der Waals surface area contributed by atoms with Gasteiger partial charge in [-0.15, -0.1) is 20.4 Å². The summed E-state index contributed by atoms with van der Waals surface area (Å²) >= 11 is 5.77. The van der Waals surface area contributed by atoms with Crippen LogP contribution in [0, 0.1) is 0 Å². The second kappa shape index (κ2) is 21.3. The highest BCUT2D eigenvalue weighted by molar-refractivity contribution is 6.29. The number of nitrogens with one attached hydrogen (secondary N) is 1. The molecule has 0 amide bonds. The van der Waals surface area contributed by atoms with E-state index in [4.69, 9.17) is 31.8 Å². The third-order valence-electron chi connectivity index (χ3n) is 16.5. The van der Waals surface area contributed by atoms with Crippen LogP contribution in [0.25, 0.3) is 43.9 Å². The molecule has 8 aromatic heterocycles. The van der Waals surface area contributed by atoms with Crippen LogP contribution in [-0.2, 0) is 9.47 Å². The van der Waals surface area contributed by atoms with Crippen LogP contribution in [0.1, 0.15) is 89.1 Å². The molecule has 6 fully saturated rings. The molecule has 8 aromatic rings. The fourth-order valence-electron chi connectivity index (χ4n) is 12.6. The lowest BCUT2D eigenvalue weighted by Gasteiger charge is -2.46. The van der Waals surface area contributed by atoms with Gasteiger partial charge in [-0.1, -0.05) is 37.3 Å². The minimum Gasteiger partial charge on any atom is -0.372 e. The number of aromatic nitrogens is 12. The fraction of sp³-hybridized carbons (Fsp3) is 0.519. The number of anilines is 5. The minimum atomic E-state index is -0.00850. The summed E-state index contributed by atoms with van der Waals surface area (Å²) in [6, 6.07) is 12.8. The van der Waals surface area contributed by atoms with E-state index >= 15 is 0 Å². The molecule has 2 spiro atoms. The topological polar surface area (TPSA) is 208 Å². The second-order valence-electron chi connectivity index (χ2n) is 21.4. The van der Waals surface area contributed by atoms with E-state index in [9.17, 15) is 0 Å². The van der Waals surface area contributed by atoms with Crippen LogP contribution in [0.5, 0.6) is 0 Å². The van der Waals surface area contributed by atoms with Crippen molar-refractivity contribution in [1.29, 1.82) is 0 Å². The number of piperidine rings is 2. The molecule has 0 atom stereocenters. The number of rotatable bonds is 6. The summed E-state index contributed by atoms with van der Waals surface area (Å²) in [6.45, 7) is 9.54. The number of halogens is 1. The van der Waals surface area contributed by atoms with Gasteiger partial charge in [-0.3, -0.25) is 9.97 Å². The third kappa shape index (κ3) is 10.3. The number of nitrogens with two attached hydrogens (primary N) is 1. The van der Waals surface area contributed by atoms with E-state index in [0.29, 0.717) is 35.0 Å². The maximum atomic E-state index is 6.20. The highest BCUT2D eigenvalue weighted by Crippen LogP contribution is 2.40. The third-order valence-corrected chi connectivity index (χ3v) is 16.7. The average Bonchev–Trinajstić information content (AvgIpc) is 4.32. The van der Waals surface area contributed by atoms with Crippen LogP contribution in [-0.4, -0.2) is 160 Å². The Morgan fingerprint density at radius 1 is 0.573 bits per heavy atom. The van der Waals surface area contributed by atoms with Crippen molar-refractivity contribution in [3.63, 3.8) is 0 Å². The Kier molecular flexibility index (Phi) is 14.0. The Bertz CT molecular complexity index is 3230. The minimum absolute atomic E-state index is 0.00850. The molecule has 0 unspecified atom stereocenters. The van der Waals surface area contributed by atoms with E-state index in [0.717, 1.165) is 147 Å². The van der Waals surface area contributed by atoms with Gasteiger partial charge in [0.25, 0.3) is 0 Å². The van der Waals surface area contributed by atoms with E-state index in [2.05, 4.69) is 99.5 Å². The van der Waals surface area contributed by atoms with Crippen molar-refractivity contribution in [3.8, 4) is 0 Å². The molecule has 6 aliphatic rings. The van der Waals surface area contributed by atoms with Gasteiger partial charge < -0.3 is 49.3 Å². The van der Waals surface area contributed by atoms with Crippen LogP contribution in [0.2, 0.25) is 5.15 Å². The van der Waals surface area contributed by atoms with Crippen molar-refractivity contribution in [2.75, 3.05) is 101 Å². The lowest BCUT2D eigenvalue weighted by molar-refractivity contribution is -0.115. The summed E-state index contributed by atoms with van der Waals surface area (Å²) in [5.41, 5.74) is 9.97. The van der Waals surface area contributed by atoms with Gasteiger partial charge in [0.05, 0.1) is 47.8 Å². The summed E-state index contributed by atoms with van der Waals surface area (Å²) < 4.78 is 16.9. The smallest absolute Gasteiger partial charge is 0.230 e. The molecule has 14 rings (SSSR count). The zero-order valence-corrected chi connectivity index (χ0v) is 43.8. The molecule has 0 radical (unpaired) electrons. The van der Waals surface area contributed by atoms with Crippen LogP contribution in [0.15, 0.2) is 73.6 Å². The van der Waals surface area contributed by atoms with Gasteiger partial charge in [-0.2, -0.15) is 9.97 Å². The molecule has 4 aliphatic heterocycles. The Labute approximate surface area is 441 Å². The van der Waals surface area contributed by atoms with Gasteiger partial charge >= 0.3 is 0 Å². The fourth-order valence-corrected chi connectivity index (χ4v) is 12.7. The van der Waals surface area contributed by atoms with Crippen molar-refractivity contribution < 1.29 is 9.47 Å². The normalized spacial score (nSPS) is 20.5. The predicted molar refractivity (Wildman–Crippen MR) is 293 cm³/mol. The molecule has 20 nitrogen and oxygen atoms in total. The Balaban J connectivity index is 0.000000126. The second-order valence-corrected chi connectivity index (χ2v) is 21.8. The quantitative estimate of drug-likeness (QED) is 0.161. The number of hydrogen-bond acceptors (Lipinski definition) is 18. The molecule has 0 bridgehead atoms. The number of nitrogens with zero attached hydrogens (tertiary/aromatic N) is 16. The van der Waals surface area contributed by atoms with Crippen molar-refractivity contribution >= 4 is 84.8 Å². The highest BCUT2D eigenvalue weighted by Gasteiger charge is 2.40. The van der Waals surface area contributed by atoms with Crippen LogP contribution < -0.4 is 20.9 Å². The molecule has 12 heterocycles. The maximum absolute atomic E-state index is 6.20. The van der Waals surface area contributed by atoms with E-state index < -0.39 is 0 Å². The summed E-state index contributed by atoms with van der Waals surface area (Å²) in [7, 11) is 4.35. The number of nitrogen functional groups attached to an aromatic ring is 1. The summed E-state index contributed by atoms with van der Waals surface area (Å²) in [6.07, 6.45) is 25.2. The first kappa shape index (κ1) is 49.4. The van der Waals surface area contributed by atoms with E-state index in [1.54, 1.807) is 6.07 Å². The summed E-state index contributed by atoms with van der Waals surface area (Å²) in [5.74, 6) is 3.31. The number of likely N-dealkylation sites (N-methyl/N-ethyl adjacent to an activating group) is 2. The largest absolute Gasteiger partial charge is 0.372 e. The van der Waals surface area contributed by atoms with Gasteiger partial charge in [0.2, 0.25) is 11.9 Å². The molecular weight excluding hydrogens is 968 g/mol. The standard InChI is InChI=1S/C27H33N9O.C14H15N5.C13H19ClN4O/c1-34-14-15-37-27(18-34)9-12-35(13-10-27)24-7-6-23(32-33-24)30-26-29-16-21-20-8-11-28-17-22(20)36(25(21)31-26)19-4-2-3-5-19;15-14-17-7-11-10-5-6-16-8-12(10)19(13(11)18-14)9-3-1-2-4-9;1-17-8-9-19-13(10-17)4-6-18(7-5-13)12-3-2-11(14)15-16-12/h6-8,11,16-17,19H,2-5,9-10,12-15,18H2,1H3,(H,29,30,31,32);5-9H,1-4H2,(H2,15,17,18);2-3H,4-10H2,1H3. The van der Waals surface area contributed by atoms with Crippen molar-refractivity contribution in [2.45, 2.75) is 100 Å². The van der Waals surface area contributed by atoms with Crippen LogP contribution in [0.3, 0.4) is 0 Å². The molecule has 2 aliphatic carbocycles. The highest BCUT2D eigenvalue weighted by atomic mass is 35.5.